The second-order valence-corrected chi connectivity index (χ2v) is 7.39. The highest BCUT2D eigenvalue weighted by Crippen LogP contribution is 2.21. The topological polar surface area (TPSA) is 83.5 Å². The van der Waals surface area contributed by atoms with E-state index in [1.54, 1.807) is 24.3 Å². The van der Waals surface area contributed by atoms with E-state index in [0.29, 0.717) is 16.4 Å². The van der Waals surface area contributed by atoms with Crippen molar-refractivity contribution in [3.63, 3.8) is 0 Å². The van der Waals surface area contributed by atoms with Crippen molar-refractivity contribution < 1.29 is 18.3 Å². The molecule has 0 saturated heterocycles. The molecule has 0 fully saturated rings. The standard InChI is InChI=1S/C12H10ClNO4S2/c13-9-3-1-8(2-4-9)7-14-20(17,18)11-6-5-10(19-11)12(15)16/h1-6,14H,7H2,(H,15,16). The molecule has 0 bridgehead atoms. The molecule has 8 heteroatoms. The highest BCUT2D eigenvalue weighted by Gasteiger charge is 2.18. The third-order valence-electron chi connectivity index (χ3n) is 2.44. The SMILES string of the molecule is O=C(O)c1ccc(S(=O)(=O)NCc2ccc(Cl)cc2)s1. The normalized spacial score (nSPS) is 11.4. The van der Waals surface area contributed by atoms with Gasteiger partial charge in [0.1, 0.15) is 9.09 Å². The fraction of sp³-hybridized carbons (Fsp3) is 0.0833. The summed E-state index contributed by atoms with van der Waals surface area (Å²) >= 11 is 6.45. The number of halogens is 1. The van der Waals surface area contributed by atoms with Gasteiger partial charge in [-0.3, -0.25) is 0 Å². The Labute approximate surface area is 124 Å². The first-order chi connectivity index (χ1) is 9.38. The molecule has 1 heterocycles. The second-order valence-electron chi connectivity index (χ2n) is 3.87. The Morgan fingerprint density at radius 1 is 1.20 bits per heavy atom. The molecule has 2 N–H and O–H groups in total. The van der Waals surface area contributed by atoms with Gasteiger partial charge >= 0.3 is 5.97 Å². The number of aromatic carboxylic acids is 1. The fourth-order valence-electron chi connectivity index (χ4n) is 1.43. The Bertz CT molecular complexity index is 722. The number of carbonyl (C=O) groups is 1. The van der Waals surface area contributed by atoms with Gasteiger partial charge in [-0.1, -0.05) is 23.7 Å². The van der Waals surface area contributed by atoms with E-state index in [2.05, 4.69) is 4.72 Å². The fourth-order valence-corrected chi connectivity index (χ4v) is 3.76. The van der Waals surface area contributed by atoms with Crippen LogP contribution in [0.3, 0.4) is 0 Å². The van der Waals surface area contributed by atoms with E-state index in [9.17, 15) is 13.2 Å². The summed E-state index contributed by atoms with van der Waals surface area (Å²) in [6.07, 6.45) is 0. The number of nitrogens with one attached hydrogen (secondary N) is 1. The summed E-state index contributed by atoms with van der Waals surface area (Å²) in [7, 11) is -3.71. The highest BCUT2D eigenvalue weighted by molar-refractivity contribution is 7.91. The second kappa shape index (κ2) is 5.92. The predicted octanol–water partition coefficient (Wildman–Crippen LogP) is 2.58. The zero-order valence-electron chi connectivity index (χ0n) is 10.0. The van der Waals surface area contributed by atoms with Crippen LogP contribution in [0.1, 0.15) is 15.2 Å². The summed E-state index contributed by atoms with van der Waals surface area (Å²) in [5.41, 5.74) is 0.757. The lowest BCUT2D eigenvalue weighted by molar-refractivity contribution is 0.0702. The van der Waals surface area contributed by atoms with Crippen molar-refractivity contribution >= 4 is 38.9 Å². The Morgan fingerprint density at radius 2 is 1.85 bits per heavy atom. The summed E-state index contributed by atoms with van der Waals surface area (Å²) in [6.45, 7) is 0.111. The van der Waals surface area contributed by atoms with Gasteiger partial charge in [0.25, 0.3) is 0 Å². The van der Waals surface area contributed by atoms with Crippen LogP contribution in [0, 0.1) is 0 Å². The summed E-state index contributed by atoms with van der Waals surface area (Å²) in [5, 5.41) is 9.35. The Kier molecular flexibility index (Phi) is 4.44. The van der Waals surface area contributed by atoms with Crippen molar-refractivity contribution in [1.29, 1.82) is 0 Å². The molecule has 0 radical (unpaired) electrons. The Hall–Kier alpha value is -1.41. The molecule has 0 aliphatic carbocycles. The quantitative estimate of drug-likeness (QED) is 0.882. The molecule has 5 nitrogen and oxygen atoms in total. The molecule has 0 spiro atoms. The van der Waals surface area contributed by atoms with E-state index >= 15 is 0 Å². The van der Waals surface area contributed by atoms with Crippen LogP contribution in [0.15, 0.2) is 40.6 Å². The summed E-state index contributed by atoms with van der Waals surface area (Å²) in [5.74, 6) is -1.14. The lowest BCUT2D eigenvalue weighted by Crippen LogP contribution is -2.22. The molecule has 0 aliphatic rings. The zero-order chi connectivity index (χ0) is 14.8. The largest absolute Gasteiger partial charge is 0.477 e. The van der Waals surface area contributed by atoms with Gasteiger partial charge in [-0.15, -0.1) is 11.3 Å². The maximum absolute atomic E-state index is 12.0. The van der Waals surface area contributed by atoms with Gasteiger partial charge in [0.15, 0.2) is 0 Å². The minimum absolute atomic E-state index is 0.0168. The van der Waals surface area contributed by atoms with E-state index in [1.807, 2.05) is 0 Å². The number of carboxylic acids is 1. The maximum Gasteiger partial charge on any atom is 0.345 e. The first kappa shape index (κ1) is 15.0. The van der Waals surface area contributed by atoms with Crippen molar-refractivity contribution in [2.24, 2.45) is 0 Å². The molecule has 0 saturated carbocycles. The van der Waals surface area contributed by atoms with Gasteiger partial charge in [-0.05, 0) is 29.8 Å². The average Bonchev–Trinajstić information content (AvgIpc) is 2.89. The van der Waals surface area contributed by atoms with Gasteiger partial charge in [-0.25, -0.2) is 17.9 Å². The van der Waals surface area contributed by atoms with Gasteiger partial charge in [0.05, 0.1) is 0 Å². The monoisotopic (exact) mass is 331 g/mol. The lowest BCUT2D eigenvalue weighted by Gasteiger charge is -2.04. The summed E-state index contributed by atoms with van der Waals surface area (Å²) in [4.78, 5) is 10.7. The first-order valence-corrected chi connectivity index (χ1v) is 8.13. The van der Waals surface area contributed by atoms with Crippen molar-refractivity contribution in [3.05, 3.63) is 51.9 Å². The minimum Gasteiger partial charge on any atom is -0.477 e. The molecule has 106 valence electrons. The molecule has 0 amide bonds. The number of carboxylic acid groups (broad SMARTS) is 1. The van der Waals surface area contributed by atoms with Crippen LogP contribution in [-0.2, 0) is 16.6 Å². The van der Waals surface area contributed by atoms with Crippen molar-refractivity contribution in [2.45, 2.75) is 10.8 Å². The van der Waals surface area contributed by atoms with Gasteiger partial charge in [0, 0.05) is 11.6 Å². The number of hydrogen-bond acceptors (Lipinski definition) is 4. The molecule has 1 aromatic carbocycles. The van der Waals surface area contributed by atoms with Crippen molar-refractivity contribution in [2.75, 3.05) is 0 Å². The molecule has 0 atom stereocenters. The van der Waals surface area contributed by atoms with E-state index in [4.69, 9.17) is 16.7 Å². The summed E-state index contributed by atoms with van der Waals surface area (Å²) < 4.78 is 26.4. The number of hydrogen-bond donors (Lipinski definition) is 2. The molecule has 0 unspecified atom stereocenters. The van der Waals surface area contributed by atoms with Crippen LogP contribution in [0.4, 0.5) is 0 Å². The van der Waals surface area contributed by atoms with Gasteiger partial charge in [0.2, 0.25) is 10.0 Å². The number of sulfonamides is 1. The van der Waals surface area contributed by atoms with E-state index < -0.39 is 16.0 Å². The first-order valence-electron chi connectivity index (χ1n) is 5.46. The van der Waals surface area contributed by atoms with Gasteiger partial charge < -0.3 is 5.11 Å². The highest BCUT2D eigenvalue weighted by atomic mass is 35.5. The molecule has 20 heavy (non-hydrogen) atoms. The summed E-state index contributed by atoms with van der Waals surface area (Å²) in [6, 6.07) is 9.30. The number of rotatable bonds is 5. The van der Waals surface area contributed by atoms with Crippen LogP contribution in [0.5, 0.6) is 0 Å². The van der Waals surface area contributed by atoms with Gasteiger partial charge in [-0.2, -0.15) is 0 Å². The predicted molar refractivity (Wildman–Crippen MR) is 76.8 cm³/mol. The number of benzene rings is 1. The molecular weight excluding hydrogens is 322 g/mol. The van der Waals surface area contributed by atoms with Crippen molar-refractivity contribution in [1.82, 2.24) is 4.72 Å². The Balaban J connectivity index is 2.10. The molecule has 1 aromatic heterocycles. The third-order valence-corrected chi connectivity index (χ3v) is 5.65. The smallest absolute Gasteiger partial charge is 0.345 e. The minimum atomic E-state index is -3.71. The van der Waals surface area contributed by atoms with E-state index in [0.717, 1.165) is 5.56 Å². The molecule has 0 aliphatic heterocycles. The van der Waals surface area contributed by atoms with Crippen LogP contribution in [-0.4, -0.2) is 19.5 Å². The maximum atomic E-state index is 12.0. The van der Waals surface area contributed by atoms with Crippen LogP contribution in [0.2, 0.25) is 5.02 Å². The van der Waals surface area contributed by atoms with E-state index in [1.165, 1.54) is 12.1 Å². The average molecular weight is 332 g/mol. The van der Waals surface area contributed by atoms with Crippen molar-refractivity contribution in [3.8, 4) is 0 Å². The van der Waals surface area contributed by atoms with Crippen LogP contribution < -0.4 is 4.72 Å². The zero-order valence-corrected chi connectivity index (χ0v) is 12.4. The van der Waals surface area contributed by atoms with E-state index in [-0.39, 0.29) is 15.6 Å². The Morgan fingerprint density at radius 3 is 2.40 bits per heavy atom. The molecule has 2 rings (SSSR count). The lowest BCUT2D eigenvalue weighted by atomic mass is 10.2. The molecule has 2 aromatic rings. The van der Waals surface area contributed by atoms with Crippen LogP contribution in [0.25, 0.3) is 0 Å². The third kappa shape index (κ3) is 3.57. The number of thiophene rings is 1. The molecular formula is C12H10ClNO4S2. The van der Waals surface area contributed by atoms with Crippen LogP contribution >= 0.6 is 22.9 Å².